The Labute approximate surface area is 142 Å². The van der Waals surface area contributed by atoms with Gasteiger partial charge < -0.3 is 0 Å². The van der Waals surface area contributed by atoms with Crippen LogP contribution in [-0.4, -0.2) is 14.5 Å². The van der Waals surface area contributed by atoms with Gasteiger partial charge in [-0.2, -0.15) is 8.42 Å². The van der Waals surface area contributed by atoms with Crippen molar-refractivity contribution >= 4 is 21.7 Å². The summed E-state index contributed by atoms with van der Waals surface area (Å²) in [5, 5.41) is 0.677. The standard InChI is InChI=1S/C18H19ClO3S/c1-13-5-11-16(12-6-13)23(20,21)22-18-4-2-3-17(18)14-7-9-15(19)10-8-14/h5-12,17-18H,2-4H2,1H3/t17-,18-/m1/s1. The molecule has 0 heterocycles. The smallest absolute Gasteiger partial charge is 0.262 e. The lowest BCUT2D eigenvalue weighted by Crippen LogP contribution is -2.21. The van der Waals surface area contributed by atoms with Crippen LogP contribution in [0, 0.1) is 6.92 Å². The molecule has 1 fully saturated rings. The zero-order chi connectivity index (χ0) is 16.4. The van der Waals surface area contributed by atoms with Crippen molar-refractivity contribution in [2.75, 3.05) is 0 Å². The molecule has 0 bridgehead atoms. The second-order valence-corrected chi connectivity index (χ2v) is 8.00. The Hall–Kier alpha value is -1.36. The van der Waals surface area contributed by atoms with Crippen LogP contribution in [0.2, 0.25) is 5.02 Å². The molecular weight excluding hydrogens is 332 g/mol. The minimum Gasteiger partial charge on any atom is -0.262 e. The van der Waals surface area contributed by atoms with Crippen molar-refractivity contribution in [2.45, 2.75) is 43.1 Å². The van der Waals surface area contributed by atoms with Crippen LogP contribution in [0.15, 0.2) is 53.4 Å². The highest BCUT2D eigenvalue weighted by Gasteiger charge is 2.33. The predicted molar refractivity (Wildman–Crippen MR) is 91.3 cm³/mol. The molecule has 0 unspecified atom stereocenters. The van der Waals surface area contributed by atoms with E-state index in [0.29, 0.717) is 5.02 Å². The maximum atomic E-state index is 12.5. The van der Waals surface area contributed by atoms with Gasteiger partial charge in [-0.25, -0.2) is 0 Å². The van der Waals surface area contributed by atoms with Gasteiger partial charge in [0.15, 0.2) is 0 Å². The van der Waals surface area contributed by atoms with E-state index in [4.69, 9.17) is 15.8 Å². The Morgan fingerprint density at radius 3 is 2.30 bits per heavy atom. The van der Waals surface area contributed by atoms with Crippen LogP contribution in [0.3, 0.4) is 0 Å². The van der Waals surface area contributed by atoms with Crippen LogP contribution >= 0.6 is 11.6 Å². The van der Waals surface area contributed by atoms with Gasteiger partial charge in [-0.3, -0.25) is 4.18 Å². The van der Waals surface area contributed by atoms with E-state index in [1.165, 1.54) is 0 Å². The number of halogens is 1. The lowest BCUT2D eigenvalue weighted by molar-refractivity contribution is 0.198. The van der Waals surface area contributed by atoms with Gasteiger partial charge in [0, 0.05) is 10.9 Å². The molecule has 3 rings (SSSR count). The van der Waals surface area contributed by atoms with E-state index < -0.39 is 10.1 Å². The molecule has 0 spiro atoms. The fourth-order valence-electron chi connectivity index (χ4n) is 3.06. The van der Waals surface area contributed by atoms with E-state index in [2.05, 4.69) is 0 Å². The average Bonchev–Trinajstić information content (AvgIpc) is 2.96. The van der Waals surface area contributed by atoms with E-state index in [-0.39, 0.29) is 16.9 Å². The van der Waals surface area contributed by atoms with E-state index >= 15 is 0 Å². The van der Waals surface area contributed by atoms with E-state index in [1.54, 1.807) is 24.3 Å². The topological polar surface area (TPSA) is 43.4 Å². The summed E-state index contributed by atoms with van der Waals surface area (Å²) in [6.45, 7) is 1.92. The zero-order valence-electron chi connectivity index (χ0n) is 12.9. The van der Waals surface area contributed by atoms with Crippen molar-refractivity contribution in [2.24, 2.45) is 0 Å². The highest BCUT2D eigenvalue weighted by atomic mass is 35.5. The summed E-state index contributed by atoms with van der Waals surface area (Å²) in [4.78, 5) is 0.213. The van der Waals surface area contributed by atoms with Gasteiger partial charge in [0.1, 0.15) is 0 Å². The van der Waals surface area contributed by atoms with Gasteiger partial charge in [0.2, 0.25) is 0 Å². The third-order valence-corrected chi connectivity index (χ3v) is 5.91. The van der Waals surface area contributed by atoms with Crippen LogP contribution in [0.1, 0.15) is 36.3 Å². The summed E-state index contributed by atoms with van der Waals surface area (Å²) in [6.07, 6.45) is 2.32. The molecule has 0 N–H and O–H groups in total. The van der Waals surface area contributed by atoms with Crippen LogP contribution in [0.5, 0.6) is 0 Å². The lowest BCUT2D eigenvalue weighted by Gasteiger charge is -2.20. The van der Waals surface area contributed by atoms with Crippen molar-refractivity contribution in [1.82, 2.24) is 0 Å². The molecule has 3 nitrogen and oxygen atoms in total. The molecule has 2 aromatic carbocycles. The molecule has 23 heavy (non-hydrogen) atoms. The molecule has 5 heteroatoms. The van der Waals surface area contributed by atoms with Gasteiger partial charge in [-0.1, -0.05) is 47.9 Å². The monoisotopic (exact) mass is 350 g/mol. The molecule has 0 saturated heterocycles. The van der Waals surface area contributed by atoms with Crippen molar-refractivity contribution < 1.29 is 12.6 Å². The number of aryl methyl sites for hydroxylation is 1. The maximum Gasteiger partial charge on any atom is 0.297 e. The normalized spacial score (nSPS) is 21.5. The molecule has 1 aliphatic rings. The van der Waals surface area contributed by atoms with E-state index in [9.17, 15) is 8.42 Å². The average molecular weight is 351 g/mol. The first-order chi connectivity index (χ1) is 11.0. The largest absolute Gasteiger partial charge is 0.297 e. The first-order valence-electron chi connectivity index (χ1n) is 7.71. The summed E-state index contributed by atoms with van der Waals surface area (Å²) in [5.41, 5.74) is 2.10. The zero-order valence-corrected chi connectivity index (χ0v) is 14.5. The molecule has 0 radical (unpaired) electrons. The maximum absolute atomic E-state index is 12.5. The van der Waals surface area contributed by atoms with Gasteiger partial charge in [-0.15, -0.1) is 0 Å². The SMILES string of the molecule is Cc1ccc(S(=O)(=O)O[C@@H]2CCC[C@@H]2c2ccc(Cl)cc2)cc1. The quantitative estimate of drug-likeness (QED) is 0.751. The third-order valence-electron chi connectivity index (χ3n) is 4.31. The molecule has 122 valence electrons. The van der Waals surface area contributed by atoms with Crippen molar-refractivity contribution in [3.8, 4) is 0 Å². The molecule has 1 aliphatic carbocycles. The number of hydrogen-bond donors (Lipinski definition) is 0. The van der Waals surface area contributed by atoms with Crippen molar-refractivity contribution in [1.29, 1.82) is 0 Å². The Morgan fingerprint density at radius 2 is 1.65 bits per heavy atom. The number of benzene rings is 2. The number of rotatable bonds is 4. The highest BCUT2D eigenvalue weighted by Crippen LogP contribution is 2.38. The number of hydrogen-bond acceptors (Lipinski definition) is 3. The summed E-state index contributed by atoms with van der Waals surface area (Å²) >= 11 is 5.93. The minimum absolute atomic E-state index is 0.0903. The van der Waals surface area contributed by atoms with E-state index in [1.807, 2.05) is 31.2 Å². The molecule has 1 saturated carbocycles. The van der Waals surface area contributed by atoms with Crippen LogP contribution < -0.4 is 0 Å². The Kier molecular flexibility index (Phi) is 4.76. The minimum atomic E-state index is -3.74. The lowest BCUT2D eigenvalue weighted by atomic mass is 9.96. The summed E-state index contributed by atoms with van der Waals surface area (Å²) in [5.74, 6) is 0.0903. The fraction of sp³-hybridized carbons (Fsp3) is 0.333. The van der Waals surface area contributed by atoms with Gasteiger partial charge in [-0.05, 0) is 49.6 Å². The molecule has 0 aromatic heterocycles. The third kappa shape index (κ3) is 3.77. The van der Waals surface area contributed by atoms with Crippen molar-refractivity contribution in [3.05, 3.63) is 64.7 Å². The van der Waals surface area contributed by atoms with Crippen LogP contribution in [0.4, 0.5) is 0 Å². The van der Waals surface area contributed by atoms with Crippen LogP contribution in [0.25, 0.3) is 0 Å². The van der Waals surface area contributed by atoms with Gasteiger partial charge in [0.25, 0.3) is 10.1 Å². The summed E-state index contributed by atoms with van der Waals surface area (Å²) in [6, 6.07) is 14.3. The second-order valence-electron chi connectivity index (χ2n) is 5.99. The molecule has 0 aliphatic heterocycles. The summed E-state index contributed by atoms with van der Waals surface area (Å²) < 4.78 is 30.5. The Balaban J connectivity index is 1.80. The second kappa shape index (κ2) is 6.63. The summed E-state index contributed by atoms with van der Waals surface area (Å²) in [7, 11) is -3.74. The van der Waals surface area contributed by atoms with Gasteiger partial charge in [0.05, 0.1) is 11.0 Å². The van der Waals surface area contributed by atoms with Gasteiger partial charge >= 0.3 is 0 Å². The molecule has 2 atom stereocenters. The first-order valence-corrected chi connectivity index (χ1v) is 9.50. The molecule has 2 aromatic rings. The van der Waals surface area contributed by atoms with Crippen molar-refractivity contribution in [3.63, 3.8) is 0 Å². The van der Waals surface area contributed by atoms with E-state index in [0.717, 1.165) is 30.4 Å². The predicted octanol–water partition coefficient (Wildman–Crippen LogP) is 4.69. The first kappa shape index (κ1) is 16.5. The molecular formula is C18H19ClO3S. The fourth-order valence-corrected chi connectivity index (χ4v) is 4.32. The highest BCUT2D eigenvalue weighted by molar-refractivity contribution is 7.86. The molecule has 0 amide bonds. The Bertz CT molecular complexity index is 767. The Morgan fingerprint density at radius 1 is 1.00 bits per heavy atom. The van der Waals surface area contributed by atoms with Crippen LogP contribution in [-0.2, 0) is 14.3 Å².